The van der Waals surface area contributed by atoms with Gasteiger partial charge in [-0.3, -0.25) is 9.61 Å². The number of hydrogen-bond acceptors (Lipinski definition) is 6. The number of para-hydroxylation sites is 2. The fourth-order valence-electron chi connectivity index (χ4n) is 2.62. The highest BCUT2D eigenvalue weighted by molar-refractivity contribution is 6.33. The minimum atomic E-state index is -0.176. The maximum absolute atomic E-state index is 11.4. The van der Waals surface area contributed by atoms with E-state index in [1.807, 2.05) is 18.2 Å². The summed E-state index contributed by atoms with van der Waals surface area (Å²) in [5.74, 6) is 0.542. The van der Waals surface area contributed by atoms with Crippen LogP contribution in [0.25, 0.3) is 16.6 Å². The summed E-state index contributed by atoms with van der Waals surface area (Å²) in [7, 11) is 0. The molecule has 4 rings (SSSR count). The maximum atomic E-state index is 11.4. The minimum Gasteiger partial charge on any atom is -0.733 e. The zero-order chi connectivity index (χ0) is 16.7. The summed E-state index contributed by atoms with van der Waals surface area (Å²) in [6, 6.07) is 12.2. The van der Waals surface area contributed by atoms with E-state index in [9.17, 15) is 10.4 Å². The van der Waals surface area contributed by atoms with Crippen LogP contribution in [0.5, 0.6) is 0 Å². The molecule has 120 valence electrons. The molecule has 2 N–H and O–H groups in total. The van der Waals surface area contributed by atoms with Crippen molar-refractivity contribution in [3.8, 4) is 0 Å². The van der Waals surface area contributed by atoms with Gasteiger partial charge in [-0.2, -0.15) is 0 Å². The van der Waals surface area contributed by atoms with Crippen molar-refractivity contribution in [3.05, 3.63) is 65.2 Å². The third kappa shape index (κ3) is 2.31. The fourth-order valence-corrected chi connectivity index (χ4v) is 2.80. The number of hydrogen-bond donors (Lipinski definition) is 2. The quantitative estimate of drug-likeness (QED) is 0.548. The molecule has 0 spiro atoms. The van der Waals surface area contributed by atoms with Gasteiger partial charge in [0, 0.05) is 0 Å². The number of anilines is 3. The van der Waals surface area contributed by atoms with E-state index >= 15 is 0 Å². The molecule has 2 heterocycles. The smallest absolute Gasteiger partial charge is 0.157 e. The van der Waals surface area contributed by atoms with Crippen molar-refractivity contribution in [3.63, 3.8) is 0 Å². The second-order valence-corrected chi connectivity index (χ2v) is 5.54. The highest BCUT2D eigenvalue weighted by Crippen LogP contribution is 2.31. The van der Waals surface area contributed by atoms with Crippen LogP contribution in [0.15, 0.2) is 55.0 Å². The van der Waals surface area contributed by atoms with E-state index in [0.29, 0.717) is 33.1 Å². The molecule has 0 saturated heterocycles. The van der Waals surface area contributed by atoms with Crippen LogP contribution < -0.4 is 10.5 Å². The molecule has 0 radical (unpaired) electrons. The summed E-state index contributed by atoms with van der Waals surface area (Å²) < 4.78 is 1.69. The van der Waals surface area contributed by atoms with Crippen molar-refractivity contribution in [2.75, 3.05) is 10.5 Å². The van der Waals surface area contributed by atoms with Crippen LogP contribution in [-0.2, 0) is 0 Å². The number of nitrogens with zero attached hydrogens (tertiary/aromatic N) is 4. The Morgan fingerprint density at radius 2 is 2.00 bits per heavy atom. The first-order valence-electron chi connectivity index (χ1n) is 7.07. The predicted molar refractivity (Wildman–Crippen MR) is 92.9 cm³/mol. The molecule has 0 aliphatic carbocycles. The molecule has 0 unspecified atom stereocenters. The molecule has 0 fully saturated rings. The molecule has 0 aliphatic rings. The van der Waals surface area contributed by atoms with E-state index < -0.39 is 0 Å². The van der Waals surface area contributed by atoms with Gasteiger partial charge in [-0.25, -0.2) is 9.97 Å². The molecule has 2 aromatic carbocycles. The average molecular weight is 341 g/mol. The van der Waals surface area contributed by atoms with Crippen molar-refractivity contribution in [2.45, 2.75) is 0 Å². The van der Waals surface area contributed by atoms with Gasteiger partial charge in [-0.1, -0.05) is 29.8 Å². The fraction of sp³-hybridized carbons (Fsp3) is 0. The highest BCUT2D eigenvalue weighted by atomic mass is 35.5. The Kier molecular flexibility index (Phi) is 3.46. The van der Waals surface area contributed by atoms with Crippen LogP contribution in [0.4, 0.5) is 17.2 Å². The van der Waals surface area contributed by atoms with E-state index in [2.05, 4.69) is 15.3 Å². The van der Waals surface area contributed by atoms with Gasteiger partial charge in [0.15, 0.2) is 5.82 Å². The lowest BCUT2D eigenvalue weighted by Gasteiger charge is -2.23. The normalized spacial score (nSPS) is 11.1. The summed E-state index contributed by atoms with van der Waals surface area (Å²) in [6.07, 6.45) is 3.18. The summed E-state index contributed by atoms with van der Waals surface area (Å²) in [4.78, 5) is 8.67. The van der Waals surface area contributed by atoms with Gasteiger partial charge in [-0.05, 0) is 24.3 Å². The number of fused-ring (bicyclic) bond motifs is 3. The van der Waals surface area contributed by atoms with Crippen molar-refractivity contribution < 1.29 is 5.21 Å². The van der Waals surface area contributed by atoms with Crippen molar-refractivity contribution >= 4 is 45.3 Å². The Bertz CT molecular complexity index is 1050. The second kappa shape index (κ2) is 5.64. The minimum absolute atomic E-state index is 0.0901. The molecular formula is C16H11ClN5O2-. The van der Waals surface area contributed by atoms with E-state index in [-0.39, 0.29) is 10.9 Å². The molecule has 0 saturated carbocycles. The zero-order valence-corrected chi connectivity index (χ0v) is 13.0. The lowest BCUT2D eigenvalue weighted by Crippen LogP contribution is -2.10. The van der Waals surface area contributed by atoms with E-state index in [0.717, 1.165) is 0 Å². The van der Waals surface area contributed by atoms with Gasteiger partial charge < -0.3 is 15.8 Å². The molecule has 4 aromatic rings. The van der Waals surface area contributed by atoms with Crippen molar-refractivity contribution in [1.29, 1.82) is 0 Å². The van der Waals surface area contributed by atoms with Gasteiger partial charge >= 0.3 is 0 Å². The summed E-state index contributed by atoms with van der Waals surface area (Å²) in [5.41, 5.74) is 2.44. The Morgan fingerprint density at radius 3 is 2.79 bits per heavy atom. The van der Waals surface area contributed by atoms with Gasteiger partial charge in [-0.15, -0.1) is 0 Å². The molecule has 0 atom stereocenters. The Morgan fingerprint density at radius 1 is 1.17 bits per heavy atom. The molecule has 8 heteroatoms. The van der Waals surface area contributed by atoms with Gasteiger partial charge in [0.2, 0.25) is 0 Å². The summed E-state index contributed by atoms with van der Waals surface area (Å²) in [6.45, 7) is 0. The average Bonchev–Trinajstić information content (AvgIpc) is 3.06. The molecule has 0 amide bonds. The lowest BCUT2D eigenvalue weighted by atomic mass is 10.2. The molecular weight excluding hydrogens is 330 g/mol. The third-order valence-corrected chi connectivity index (χ3v) is 4.01. The second-order valence-electron chi connectivity index (χ2n) is 5.13. The van der Waals surface area contributed by atoms with Crippen LogP contribution in [-0.4, -0.2) is 19.6 Å². The number of aromatic nitrogens is 3. The first-order chi connectivity index (χ1) is 11.6. The monoisotopic (exact) mass is 340 g/mol. The predicted octanol–water partition coefficient (Wildman–Crippen LogP) is 3.97. The molecule has 24 heavy (non-hydrogen) atoms. The van der Waals surface area contributed by atoms with Crippen LogP contribution in [0.3, 0.4) is 0 Å². The first-order valence-corrected chi connectivity index (χ1v) is 7.45. The maximum Gasteiger partial charge on any atom is 0.157 e. The number of rotatable bonds is 3. The van der Waals surface area contributed by atoms with E-state index in [1.165, 1.54) is 6.07 Å². The Balaban J connectivity index is 1.97. The Hall–Kier alpha value is -2.87. The van der Waals surface area contributed by atoms with E-state index in [1.54, 1.807) is 35.1 Å². The van der Waals surface area contributed by atoms with Crippen LogP contribution in [0.1, 0.15) is 0 Å². The van der Waals surface area contributed by atoms with E-state index in [4.69, 9.17) is 11.6 Å². The zero-order valence-electron chi connectivity index (χ0n) is 12.2. The SMILES string of the molecule is [O-]N(O)c1cccc2nc(Nc3ccccc3Cl)c3cncn3c12. The van der Waals surface area contributed by atoms with Gasteiger partial charge in [0.05, 0.1) is 40.0 Å². The van der Waals surface area contributed by atoms with Gasteiger partial charge in [0.25, 0.3) is 0 Å². The first kappa shape index (κ1) is 14.7. The molecule has 2 aromatic heterocycles. The summed E-state index contributed by atoms with van der Waals surface area (Å²) >= 11 is 6.19. The Labute approximate surface area is 141 Å². The molecule has 0 aliphatic heterocycles. The summed E-state index contributed by atoms with van der Waals surface area (Å²) in [5, 5.41) is 24.3. The van der Waals surface area contributed by atoms with Crippen molar-refractivity contribution in [1.82, 2.24) is 14.4 Å². The number of nitrogens with one attached hydrogen (secondary N) is 1. The van der Waals surface area contributed by atoms with Crippen LogP contribution in [0.2, 0.25) is 5.02 Å². The highest BCUT2D eigenvalue weighted by Gasteiger charge is 2.13. The molecule has 7 nitrogen and oxygen atoms in total. The number of halogens is 1. The largest absolute Gasteiger partial charge is 0.733 e. The van der Waals surface area contributed by atoms with Crippen LogP contribution >= 0.6 is 11.6 Å². The lowest BCUT2D eigenvalue weighted by molar-refractivity contribution is 0.297. The van der Waals surface area contributed by atoms with Crippen LogP contribution in [0, 0.1) is 5.21 Å². The van der Waals surface area contributed by atoms with Gasteiger partial charge in [0.1, 0.15) is 5.52 Å². The third-order valence-electron chi connectivity index (χ3n) is 3.68. The number of benzene rings is 2. The number of imidazole rings is 1. The standard InChI is InChI=1S/C16H11ClN5O2/c17-10-4-1-2-5-11(10)19-16-14-8-18-9-21(14)15-12(20-16)6-3-7-13(15)22(23)24/h1-9,23H,(H,19,20)/q-1. The topological polar surface area (TPSA) is 88.8 Å². The molecule has 0 bridgehead atoms. The van der Waals surface area contributed by atoms with Crippen molar-refractivity contribution in [2.24, 2.45) is 0 Å².